The summed E-state index contributed by atoms with van der Waals surface area (Å²) in [5.74, 6) is 0.272. The van der Waals surface area contributed by atoms with E-state index in [1.807, 2.05) is 32.0 Å². The molecular weight excluding hydrogens is 322 g/mol. The molecule has 0 heterocycles. The molecule has 0 aliphatic carbocycles. The average molecular weight is 341 g/mol. The number of nitrogens with zero attached hydrogens (tertiary/aromatic N) is 2. The molecule has 0 bridgehead atoms. The van der Waals surface area contributed by atoms with Gasteiger partial charge in [-0.05, 0) is 55.7 Å². The van der Waals surface area contributed by atoms with Crippen molar-refractivity contribution in [2.75, 3.05) is 6.61 Å². The van der Waals surface area contributed by atoms with Gasteiger partial charge in [0.25, 0.3) is 11.6 Å². The Balaban J connectivity index is 1.92. The van der Waals surface area contributed by atoms with Crippen LogP contribution >= 0.6 is 0 Å². The highest BCUT2D eigenvalue weighted by Crippen LogP contribution is 2.18. The number of non-ortho nitro benzene ring substituents is 1. The molecule has 0 aromatic heterocycles. The summed E-state index contributed by atoms with van der Waals surface area (Å²) in [7, 11) is 0. The van der Waals surface area contributed by atoms with Crippen molar-refractivity contribution in [2.24, 2.45) is 5.10 Å². The molecule has 0 atom stereocenters. The Bertz CT molecular complexity index is 814. The number of benzene rings is 2. The Kier molecular flexibility index (Phi) is 5.84. The van der Waals surface area contributed by atoms with E-state index in [0.717, 1.165) is 11.1 Å². The van der Waals surface area contributed by atoms with Gasteiger partial charge in [-0.25, -0.2) is 5.43 Å². The molecule has 0 fully saturated rings. The van der Waals surface area contributed by atoms with Crippen LogP contribution in [0.5, 0.6) is 5.75 Å². The number of nitro groups is 1. The van der Waals surface area contributed by atoms with E-state index in [4.69, 9.17) is 4.74 Å². The summed E-state index contributed by atoms with van der Waals surface area (Å²) in [4.78, 5) is 22.0. The van der Waals surface area contributed by atoms with Gasteiger partial charge < -0.3 is 4.74 Å². The molecule has 1 amide bonds. The summed E-state index contributed by atoms with van der Waals surface area (Å²) >= 11 is 0. The second-order valence-electron chi connectivity index (χ2n) is 5.59. The molecule has 0 aliphatic rings. The predicted octanol–water partition coefficient (Wildman–Crippen LogP) is 3.13. The summed E-state index contributed by atoms with van der Waals surface area (Å²) < 4.78 is 5.50. The van der Waals surface area contributed by atoms with Crippen molar-refractivity contribution in [3.8, 4) is 5.75 Å². The maximum Gasteiger partial charge on any atom is 0.277 e. The Morgan fingerprint density at radius 3 is 2.52 bits per heavy atom. The smallest absolute Gasteiger partial charge is 0.277 e. The van der Waals surface area contributed by atoms with Crippen molar-refractivity contribution in [1.29, 1.82) is 0 Å². The molecule has 130 valence electrons. The van der Waals surface area contributed by atoms with E-state index in [-0.39, 0.29) is 18.2 Å². The maximum absolute atomic E-state index is 11.9. The molecule has 7 nitrogen and oxygen atoms in total. The minimum atomic E-state index is -0.470. The van der Waals surface area contributed by atoms with Crippen LogP contribution in [-0.2, 0) is 4.79 Å². The third-order valence-electron chi connectivity index (χ3n) is 3.55. The first kappa shape index (κ1) is 18.1. The lowest BCUT2D eigenvalue weighted by molar-refractivity contribution is -0.384. The van der Waals surface area contributed by atoms with Crippen molar-refractivity contribution < 1.29 is 14.5 Å². The molecule has 2 aromatic carbocycles. The largest absolute Gasteiger partial charge is 0.483 e. The number of aryl methyl sites for hydroxylation is 2. The van der Waals surface area contributed by atoms with Crippen LogP contribution in [0.25, 0.3) is 0 Å². The van der Waals surface area contributed by atoms with Crippen LogP contribution in [0.3, 0.4) is 0 Å². The first-order chi connectivity index (χ1) is 11.9. The number of ether oxygens (including phenoxy) is 1. The highest BCUT2D eigenvalue weighted by molar-refractivity contribution is 5.99. The average Bonchev–Trinajstić information content (AvgIpc) is 2.60. The van der Waals surface area contributed by atoms with Gasteiger partial charge in [-0.15, -0.1) is 0 Å². The lowest BCUT2D eigenvalue weighted by atomic mass is 10.1. The second kappa shape index (κ2) is 8.05. The molecular formula is C18H19N3O4. The Labute approximate surface area is 145 Å². The molecule has 0 saturated heterocycles. The minimum Gasteiger partial charge on any atom is -0.483 e. The zero-order valence-corrected chi connectivity index (χ0v) is 14.3. The van der Waals surface area contributed by atoms with Crippen molar-refractivity contribution in [1.82, 2.24) is 5.43 Å². The Morgan fingerprint density at radius 2 is 1.88 bits per heavy atom. The van der Waals surface area contributed by atoms with E-state index in [9.17, 15) is 14.9 Å². The molecule has 0 saturated carbocycles. The predicted molar refractivity (Wildman–Crippen MR) is 94.9 cm³/mol. The van der Waals surface area contributed by atoms with Crippen molar-refractivity contribution in [3.05, 3.63) is 69.3 Å². The SMILES string of the molecule is C/C(=N/NC(=O)COc1cc(C)ccc1C)c1ccc([N+](=O)[O-])cc1. The lowest BCUT2D eigenvalue weighted by Crippen LogP contribution is -2.25. The van der Waals surface area contributed by atoms with Crippen LogP contribution in [0.4, 0.5) is 5.69 Å². The van der Waals surface area contributed by atoms with Gasteiger partial charge in [0.2, 0.25) is 0 Å². The highest BCUT2D eigenvalue weighted by atomic mass is 16.6. The molecule has 0 unspecified atom stereocenters. The van der Waals surface area contributed by atoms with Crippen molar-refractivity contribution in [3.63, 3.8) is 0 Å². The van der Waals surface area contributed by atoms with Crippen LogP contribution in [0.15, 0.2) is 47.6 Å². The molecule has 0 spiro atoms. The van der Waals surface area contributed by atoms with Gasteiger partial charge in [0.1, 0.15) is 5.75 Å². The molecule has 0 radical (unpaired) electrons. The topological polar surface area (TPSA) is 93.8 Å². The number of hydrogen-bond donors (Lipinski definition) is 1. The first-order valence-electron chi connectivity index (χ1n) is 7.65. The zero-order valence-electron chi connectivity index (χ0n) is 14.3. The summed E-state index contributed by atoms with van der Waals surface area (Å²) in [6.07, 6.45) is 0. The standard InChI is InChI=1S/C18H19N3O4/c1-12-4-5-13(2)17(10-12)25-11-18(22)20-19-14(3)15-6-8-16(9-7-15)21(23)24/h4-10H,11H2,1-3H3,(H,20,22)/b19-14-. The summed E-state index contributed by atoms with van der Waals surface area (Å²) in [6.45, 7) is 5.40. The van der Waals surface area contributed by atoms with Gasteiger partial charge in [-0.1, -0.05) is 12.1 Å². The van der Waals surface area contributed by atoms with Crippen LogP contribution in [0, 0.1) is 24.0 Å². The number of nitrogens with one attached hydrogen (secondary N) is 1. The number of hydrazone groups is 1. The lowest BCUT2D eigenvalue weighted by Gasteiger charge is -2.09. The van der Waals surface area contributed by atoms with Crippen molar-refractivity contribution >= 4 is 17.3 Å². The van der Waals surface area contributed by atoms with E-state index in [1.165, 1.54) is 12.1 Å². The molecule has 2 rings (SSSR count). The van der Waals surface area contributed by atoms with E-state index in [1.54, 1.807) is 19.1 Å². The number of carbonyl (C=O) groups is 1. The number of carbonyl (C=O) groups excluding carboxylic acids is 1. The molecule has 1 N–H and O–H groups in total. The first-order valence-corrected chi connectivity index (χ1v) is 7.65. The highest BCUT2D eigenvalue weighted by Gasteiger charge is 2.07. The monoisotopic (exact) mass is 341 g/mol. The Morgan fingerprint density at radius 1 is 1.20 bits per heavy atom. The van der Waals surface area contributed by atoms with Crippen LogP contribution in [-0.4, -0.2) is 23.1 Å². The molecule has 2 aromatic rings. The van der Waals surface area contributed by atoms with Crippen molar-refractivity contribution in [2.45, 2.75) is 20.8 Å². The van der Waals surface area contributed by atoms with Gasteiger partial charge in [0.05, 0.1) is 10.6 Å². The van der Waals surface area contributed by atoms with Gasteiger partial charge in [-0.2, -0.15) is 5.10 Å². The maximum atomic E-state index is 11.9. The van der Waals surface area contributed by atoms with E-state index in [2.05, 4.69) is 10.5 Å². The van der Waals surface area contributed by atoms with Crippen LogP contribution < -0.4 is 10.2 Å². The second-order valence-corrected chi connectivity index (χ2v) is 5.59. The van der Waals surface area contributed by atoms with Crippen LogP contribution in [0.2, 0.25) is 0 Å². The third-order valence-corrected chi connectivity index (χ3v) is 3.55. The third kappa shape index (κ3) is 5.13. The normalized spacial score (nSPS) is 11.1. The van der Waals surface area contributed by atoms with E-state index >= 15 is 0 Å². The number of rotatable bonds is 6. The molecule has 0 aliphatic heterocycles. The summed E-state index contributed by atoms with van der Waals surface area (Å²) in [5.41, 5.74) is 5.63. The van der Waals surface area contributed by atoms with E-state index < -0.39 is 4.92 Å². The number of nitro benzene ring substituents is 1. The number of hydrogen-bond acceptors (Lipinski definition) is 5. The van der Waals surface area contributed by atoms with Gasteiger partial charge in [-0.3, -0.25) is 14.9 Å². The minimum absolute atomic E-state index is 0.00232. The van der Waals surface area contributed by atoms with Gasteiger partial charge in [0.15, 0.2) is 6.61 Å². The fourth-order valence-electron chi connectivity index (χ4n) is 2.07. The van der Waals surface area contributed by atoms with Crippen LogP contribution in [0.1, 0.15) is 23.6 Å². The molecule has 25 heavy (non-hydrogen) atoms. The quantitative estimate of drug-likeness (QED) is 0.496. The van der Waals surface area contributed by atoms with Gasteiger partial charge >= 0.3 is 0 Å². The Hall–Kier alpha value is -3.22. The molecule has 7 heteroatoms. The summed E-state index contributed by atoms with van der Waals surface area (Å²) in [5, 5.41) is 14.6. The van der Waals surface area contributed by atoms with Gasteiger partial charge in [0, 0.05) is 12.1 Å². The fraction of sp³-hybridized carbons (Fsp3) is 0.222. The summed E-state index contributed by atoms with van der Waals surface area (Å²) in [6, 6.07) is 11.7. The zero-order chi connectivity index (χ0) is 18.4. The van der Waals surface area contributed by atoms with E-state index in [0.29, 0.717) is 17.0 Å². The number of amides is 1. The fourth-order valence-corrected chi connectivity index (χ4v) is 2.07.